The van der Waals surface area contributed by atoms with Crippen LogP contribution in [0.15, 0.2) is 40.4 Å². The first kappa shape index (κ1) is 21.3. The molecular weight excluding hydrogens is 398 g/mol. The van der Waals surface area contributed by atoms with Gasteiger partial charge in [-0.15, -0.1) is 0 Å². The molecule has 0 saturated carbocycles. The third-order valence-corrected chi connectivity index (χ3v) is 6.90. The number of carbonyl (C=O) groups excluding carboxylic acids is 2. The summed E-state index contributed by atoms with van der Waals surface area (Å²) in [5, 5.41) is 12.0. The highest BCUT2D eigenvalue weighted by Crippen LogP contribution is 2.26. The first-order valence-corrected chi connectivity index (χ1v) is 10.9. The van der Waals surface area contributed by atoms with Crippen molar-refractivity contribution in [3.05, 3.63) is 35.5 Å². The van der Waals surface area contributed by atoms with E-state index in [9.17, 15) is 18.0 Å². The van der Waals surface area contributed by atoms with Crippen LogP contribution in [0.4, 0.5) is 5.69 Å². The van der Waals surface area contributed by atoms with E-state index in [0.717, 1.165) is 19.3 Å². The number of aliphatic hydroxyl groups excluding tert-OH is 1. The number of methoxy groups -OCH3 is 1. The normalized spacial score (nSPS) is 18.3. The largest absolute Gasteiger partial charge is 0.466 e. The number of aliphatic hydroxyl groups is 1. The topological polar surface area (TPSA) is 116 Å². The van der Waals surface area contributed by atoms with Gasteiger partial charge in [-0.25, -0.2) is 13.2 Å². The lowest BCUT2D eigenvalue weighted by Crippen LogP contribution is -2.35. The van der Waals surface area contributed by atoms with Gasteiger partial charge in [0.25, 0.3) is 5.91 Å². The maximum Gasteiger partial charge on any atom is 0.337 e. The molecule has 0 spiro atoms. The van der Waals surface area contributed by atoms with Crippen LogP contribution in [0.25, 0.3) is 0 Å². The number of rotatable bonds is 7. The molecule has 1 aromatic carbocycles. The lowest BCUT2D eigenvalue weighted by atomic mass is 10.2. The maximum absolute atomic E-state index is 12.9. The van der Waals surface area contributed by atoms with Gasteiger partial charge < -0.3 is 20.1 Å². The Morgan fingerprint density at radius 1 is 1.24 bits per heavy atom. The summed E-state index contributed by atoms with van der Waals surface area (Å²) in [6, 6.07) is 6.18. The van der Waals surface area contributed by atoms with Gasteiger partial charge in [-0.3, -0.25) is 4.79 Å². The average Bonchev–Trinajstić information content (AvgIpc) is 3.04. The van der Waals surface area contributed by atoms with Gasteiger partial charge in [-0.1, -0.05) is 12.5 Å². The van der Waals surface area contributed by atoms with Crippen LogP contribution in [0.5, 0.6) is 0 Å². The van der Waals surface area contributed by atoms with Gasteiger partial charge in [0.15, 0.2) is 0 Å². The number of sulfonamides is 1. The van der Waals surface area contributed by atoms with Crippen molar-refractivity contribution in [2.45, 2.75) is 24.2 Å². The smallest absolute Gasteiger partial charge is 0.337 e. The molecule has 0 bridgehead atoms. The Morgan fingerprint density at radius 2 is 1.97 bits per heavy atom. The Kier molecular flexibility index (Phi) is 6.56. The molecule has 3 rings (SSSR count). The molecule has 0 aromatic heterocycles. The summed E-state index contributed by atoms with van der Waals surface area (Å²) < 4.78 is 32.0. The zero-order chi connectivity index (χ0) is 21.0. The van der Waals surface area contributed by atoms with Crippen molar-refractivity contribution in [2.24, 2.45) is 0 Å². The standard InChI is InChI=1S/C19H25N3O6S/c1-28-19(25)16-13-21(10-11-23)18(24)17(16)20-14-6-5-7-15(12-14)29(26,27)22-8-3-2-4-9-22/h5-7,12,20,23H,2-4,8-11,13H2,1H3. The van der Waals surface area contributed by atoms with E-state index in [1.807, 2.05) is 0 Å². The van der Waals surface area contributed by atoms with Crippen LogP contribution in [0, 0.1) is 0 Å². The Balaban J connectivity index is 1.88. The van der Waals surface area contributed by atoms with E-state index in [2.05, 4.69) is 5.32 Å². The summed E-state index contributed by atoms with van der Waals surface area (Å²) in [7, 11) is -2.41. The number of nitrogens with one attached hydrogen (secondary N) is 1. The van der Waals surface area contributed by atoms with Gasteiger partial charge in [-0.2, -0.15) is 4.31 Å². The summed E-state index contributed by atoms with van der Waals surface area (Å²) in [5.41, 5.74) is 0.534. The van der Waals surface area contributed by atoms with Gasteiger partial charge in [0.2, 0.25) is 10.0 Å². The lowest BCUT2D eigenvalue weighted by molar-refractivity contribution is -0.136. The summed E-state index contributed by atoms with van der Waals surface area (Å²) in [4.78, 5) is 26.1. The fourth-order valence-electron chi connectivity index (χ4n) is 3.48. The first-order valence-electron chi connectivity index (χ1n) is 9.47. The molecule has 10 heteroatoms. The molecule has 2 heterocycles. The number of benzene rings is 1. The summed E-state index contributed by atoms with van der Waals surface area (Å²) in [5.74, 6) is -1.11. The van der Waals surface area contributed by atoms with Crippen molar-refractivity contribution >= 4 is 27.6 Å². The molecule has 9 nitrogen and oxygen atoms in total. The van der Waals surface area contributed by atoms with Crippen LogP contribution in [0.2, 0.25) is 0 Å². The molecule has 29 heavy (non-hydrogen) atoms. The van der Waals surface area contributed by atoms with E-state index >= 15 is 0 Å². The summed E-state index contributed by atoms with van der Waals surface area (Å²) in [6.45, 7) is 0.837. The molecule has 1 amide bonds. The molecule has 2 N–H and O–H groups in total. The fraction of sp³-hybridized carbons (Fsp3) is 0.474. The Morgan fingerprint density at radius 3 is 2.62 bits per heavy atom. The predicted octanol–water partition coefficient (Wildman–Crippen LogP) is 0.535. The van der Waals surface area contributed by atoms with Crippen LogP contribution >= 0.6 is 0 Å². The molecule has 0 radical (unpaired) electrons. The number of anilines is 1. The highest BCUT2D eigenvalue weighted by Gasteiger charge is 2.34. The van der Waals surface area contributed by atoms with Crippen molar-refractivity contribution in [1.29, 1.82) is 0 Å². The van der Waals surface area contributed by atoms with Crippen molar-refractivity contribution < 1.29 is 27.9 Å². The average molecular weight is 423 g/mol. The van der Waals surface area contributed by atoms with Gasteiger partial charge >= 0.3 is 5.97 Å². The monoisotopic (exact) mass is 423 g/mol. The van der Waals surface area contributed by atoms with Crippen LogP contribution in [-0.2, 0) is 24.3 Å². The van der Waals surface area contributed by atoms with Gasteiger partial charge in [0, 0.05) is 25.3 Å². The van der Waals surface area contributed by atoms with Crippen molar-refractivity contribution in [3.63, 3.8) is 0 Å². The molecule has 2 aliphatic rings. The van der Waals surface area contributed by atoms with Gasteiger partial charge in [-0.05, 0) is 31.0 Å². The molecule has 1 saturated heterocycles. The fourth-order valence-corrected chi connectivity index (χ4v) is 5.05. The number of nitrogens with zero attached hydrogens (tertiary/aromatic N) is 2. The number of β-amino-alcohol motifs (C(OH)–C–C–N with tert-alkyl or cyclic N) is 1. The van der Waals surface area contributed by atoms with Crippen molar-refractivity contribution in [2.75, 3.05) is 45.2 Å². The zero-order valence-electron chi connectivity index (χ0n) is 16.3. The third kappa shape index (κ3) is 4.44. The number of hydrogen-bond donors (Lipinski definition) is 2. The number of hydrogen-bond acceptors (Lipinski definition) is 7. The second-order valence-electron chi connectivity index (χ2n) is 6.91. The van der Waals surface area contributed by atoms with E-state index in [-0.39, 0.29) is 35.9 Å². The highest BCUT2D eigenvalue weighted by molar-refractivity contribution is 7.89. The molecular formula is C19H25N3O6S. The van der Waals surface area contributed by atoms with Crippen molar-refractivity contribution in [3.8, 4) is 0 Å². The number of piperidine rings is 1. The second-order valence-corrected chi connectivity index (χ2v) is 8.85. The van der Waals surface area contributed by atoms with Crippen molar-refractivity contribution in [1.82, 2.24) is 9.21 Å². The Labute approximate surface area is 170 Å². The van der Waals surface area contributed by atoms with E-state index < -0.39 is 21.9 Å². The number of ether oxygens (including phenoxy) is 1. The molecule has 0 atom stereocenters. The summed E-state index contributed by atoms with van der Waals surface area (Å²) >= 11 is 0. The van der Waals surface area contributed by atoms with E-state index in [0.29, 0.717) is 18.8 Å². The lowest BCUT2D eigenvalue weighted by Gasteiger charge is -2.26. The quantitative estimate of drug-likeness (QED) is 0.615. The first-order chi connectivity index (χ1) is 13.9. The molecule has 1 aromatic rings. The van der Waals surface area contributed by atoms with E-state index in [1.165, 1.54) is 28.4 Å². The SMILES string of the molecule is COC(=O)C1=C(Nc2cccc(S(=O)(=O)N3CCCCC3)c2)C(=O)N(CCO)C1. The predicted molar refractivity (Wildman–Crippen MR) is 105 cm³/mol. The van der Waals surface area contributed by atoms with Gasteiger partial charge in [0.1, 0.15) is 5.70 Å². The number of esters is 1. The molecule has 158 valence electrons. The Bertz CT molecular complexity index is 922. The minimum atomic E-state index is -3.63. The van der Waals surface area contributed by atoms with Crippen LogP contribution in [0.3, 0.4) is 0 Å². The molecule has 0 unspecified atom stereocenters. The van der Waals surface area contributed by atoms with Crippen LogP contribution in [-0.4, -0.2) is 74.5 Å². The minimum Gasteiger partial charge on any atom is -0.466 e. The third-order valence-electron chi connectivity index (χ3n) is 5.01. The Hall–Kier alpha value is -2.43. The van der Waals surface area contributed by atoms with Crippen LogP contribution < -0.4 is 5.32 Å². The summed E-state index contributed by atoms with van der Waals surface area (Å²) in [6.07, 6.45) is 2.69. The number of amides is 1. The van der Waals surface area contributed by atoms with Crippen LogP contribution in [0.1, 0.15) is 19.3 Å². The zero-order valence-corrected chi connectivity index (χ0v) is 17.1. The number of carbonyl (C=O) groups is 2. The molecule has 0 aliphatic carbocycles. The highest BCUT2D eigenvalue weighted by atomic mass is 32.2. The van der Waals surface area contributed by atoms with E-state index in [1.54, 1.807) is 12.1 Å². The van der Waals surface area contributed by atoms with Gasteiger partial charge in [0.05, 0.1) is 30.7 Å². The molecule has 1 fully saturated rings. The second kappa shape index (κ2) is 8.93. The molecule has 2 aliphatic heterocycles. The minimum absolute atomic E-state index is 0.0141. The van der Waals surface area contributed by atoms with E-state index in [4.69, 9.17) is 9.84 Å². The maximum atomic E-state index is 12.9.